The number of carbonyl (C=O) groups is 2. The molecule has 1 aromatic carbocycles. The van der Waals surface area contributed by atoms with Gasteiger partial charge in [-0.25, -0.2) is 4.79 Å². The van der Waals surface area contributed by atoms with Gasteiger partial charge in [-0.3, -0.25) is 4.79 Å². The van der Waals surface area contributed by atoms with Crippen molar-refractivity contribution in [1.29, 1.82) is 0 Å². The molecule has 0 bridgehead atoms. The lowest BCUT2D eigenvalue weighted by Crippen LogP contribution is -2.37. The van der Waals surface area contributed by atoms with Crippen LogP contribution in [0.4, 0.5) is 0 Å². The van der Waals surface area contributed by atoms with E-state index in [1.165, 1.54) is 14.2 Å². The van der Waals surface area contributed by atoms with Gasteiger partial charge in [0.05, 0.1) is 14.2 Å². The van der Waals surface area contributed by atoms with Gasteiger partial charge in [-0.15, -0.1) is 0 Å². The third-order valence-corrected chi connectivity index (χ3v) is 5.79. The number of para-hydroxylation sites is 1. The molecule has 0 aliphatic carbocycles. The molecule has 3 aromatic rings. The van der Waals surface area contributed by atoms with Gasteiger partial charge in [0.2, 0.25) is 17.8 Å². The van der Waals surface area contributed by atoms with E-state index in [0.717, 1.165) is 27.7 Å². The average Bonchev–Trinajstić information content (AvgIpc) is 2.94. The second kappa shape index (κ2) is 12.3. The molecule has 7 heteroatoms. The number of fused-ring (bicyclic) bond motifs is 1. The number of hydrogen-bond donors (Lipinski definition) is 0. The maximum atomic E-state index is 11.5. The Morgan fingerprint density at radius 2 is 1.59 bits per heavy atom. The maximum Gasteiger partial charge on any atom is 0.372 e. The molecule has 37 heavy (non-hydrogen) atoms. The average molecular weight is 496 g/mol. The molecule has 0 spiro atoms. The first-order valence-electron chi connectivity index (χ1n) is 11.8. The number of hydrogen-bond acceptors (Lipinski definition) is 5. The van der Waals surface area contributed by atoms with Crippen LogP contribution in [0.3, 0.4) is 0 Å². The molecule has 0 saturated carbocycles. The molecule has 2 aromatic heterocycles. The quantitative estimate of drug-likeness (QED) is 0.272. The second-order valence-corrected chi connectivity index (χ2v) is 8.29. The summed E-state index contributed by atoms with van der Waals surface area (Å²) in [5.41, 5.74) is 4.05. The van der Waals surface area contributed by atoms with Crippen LogP contribution in [-0.4, -0.2) is 37.6 Å². The Morgan fingerprint density at radius 3 is 2.32 bits per heavy atom. The van der Waals surface area contributed by atoms with Crippen molar-refractivity contribution in [2.24, 2.45) is 0 Å². The molecule has 1 aliphatic heterocycles. The molecule has 7 nitrogen and oxygen atoms in total. The minimum Gasteiger partial charge on any atom is -0.468 e. The van der Waals surface area contributed by atoms with Crippen LogP contribution in [-0.2, 0) is 25.6 Å². The summed E-state index contributed by atoms with van der Waals surface area (Å²) in [6.07, 6.45) is 21.5. The fraction of sp³-hybridized carbons (Fsp3) is 0.133. The Kier molecular flexibility index (Phi) is 8.39. The van der Waals surface area contributed by atoms with E-state index >= 15 is 0 Å². The van der Waals surface area contributed by atoms with Crippen molar-refractivity contribution >= 4 is 34.6 Å². The fourth-order valence-corrected chi connectivity index (χ4v) is 3.76. The summed E-state index contributed by atoms with van der Waals surface area (Å²) in [4.78, 5) is 24.8. The smallest absolute Gasteiger partial charge is 0.372 e. The van der Waals surface area contributed by atoms with E-state index in [1.807, 2.05) is 85.6 Å². The highest BCUT2D eigenvalue weighted by molar-refractivity contribution is 5.77. The summed E-state index contributed by atoms with van der Waals surface area (Å²) in [5, 5.41) is 1.14. The standard InChI is InChI=1S/C30H29N3O4/c1-36-29(34)22-31-18-13-24(14-19-31)9-11-27(33-17-5-7-26-6-3-4-8-28(26)33)12-10-25-15-20-32(21-16-25)23-30(35)37-2/h3-21H,22-23H2,1-2H3/q+2. The summed E-state index contributed by atoms with van der Waals surface area (Å²) in [5.74, 6) is -0.587. The van der Waals surface area contributed by atoms with Gasteiger partial charge in [0, 0.05) is 54.2 Å². The normalized spacial score (nSPS) is 13.3. The number of benzene rings is 1. The van der Waals surface area contributed by atoms with Gasteiger partial charge < -0.3 is 14.4 Å². The summed E-state index contributed by atoms with van der Waals surface area (Å²) < 4.78 is 13.4. The Morgan fingerprint density at radius 1 is 0.892 bits per heavy atom. The predicted molar refractivity (Wildman–Crippen MR) is 141 cm³/mol. The second-order valence-electron chi connectivity index (χ2n) is 8.29. The first kappa shape index (κ1) is 25.3. The van der Waals surface area contributed by atoms with Gasteiger partial charge in [0.25, 0.3) is 0 Å². The number of methoxy groups -OCH3 is 2. The van der Waals surface area contributed by atoms with E-state index in [4.69, 9.17) is 9.47 Å². The Hall–Kier alpha value is -4.78. The summed E-state index contributed by atoms with van der Waals surface area (Å²) >= 11 is 0. The number of pyridine rings is 2. The van der Waals surface area contributed by atoms with Crippen molar-refractivity contribution in [3.63, 3.8) is 0 Å². The van der Waals surface area contributed by atoms with E-state index in [0.29, 0.717) is 0 Å². The highest BCUT2D eigenvalue weighted by Crippen LogP contribution is 2.14. The largest absolute Gasteiger partial charge is 0.468 e. The van der Waals surface area contributed by atoms with E-state index < -0.39 is 0 Å². The van der Waals surface area contributed by atoms with Crippen LogP contribution >= 0.6 is 0 Å². The summed E-state index contributed by atoms with van der Waals surface area (Å²) in [6, 6.07) is 16.2. The van der Waals surface area contributed by atoms with Crippen molar-refractivity contribution in [2.45, 2.75) is 6.54 Å². The Bertz CT molecular complexity index is 1410. The molecular weight excluding hydrogens is 466 g/mol. The van der Waals surface area contributed by atoms with Crippen molar-refractivity contribution in [1.82, 2.24) is 4.90 Å². The van der Waals surface area contributed by atoms with Crippen LogP contribution in [0.1, 0.15) is 5.56 Å². The first-order valence-corrected chi connectivity index (χ1v) is 11.8. The molecule has 186 valence electrons. The zero-order valence-electron chi connectivity index (χ0n) is 20.9. The number of nitrogens with zero attached hydrogens (tertiary/aromatic N) is 3. The maximum absolute atomic E-state index is 11.5. The number of ether oxygens (including phenoxy) is 2. The topological polar surface area (TPSA) is 63.6 Å². The van der Waals surface area contributed by atoms with Crippen LogP contribution in [0, 0.1) is 0 Å². The molecule has 0 atom stereocenters. The van der Waals surface area contributed by atoms with Crippen molar-refractivity contribution < 1.29 is 28.2 Å². The highest BCUT2D eigenvalue weighted by Gasteiger charge is 2.13. The number of allylic oxidation sites excluding steroid dienone is 7. The van der Waals surface area contributed by atoms with Gasteiger partial charge in [0.15, 0.2) is 18.6 Å². The number of rotatable bonds is 8. The zero-order valence-corrected chi connectivity index (χ0v) is 20.9. The Labute approximate surface area is 216 Å². The monoisotopic (exact) mass is 495 g/mol. The summed E-state index contributed by atoms with van der Waals surface area (Å²) in [7, 11) is 2.76. The SMILES string of the molecule is COC(=O)CN1C=CC(=CC=C(C=Cc2cc[n+](CC(=O)OC)cc2)[n+]2cccc3ccccc32)C=C1. The van der Waals surface area contributed by atoms with Crippen molar-refractivity contribution in [3.05, 3.63) is 121 Å². The van der Waals surface area contributed by atoms with E-state index in [-0.39, 0.29) is 25.0 Å². The molecule has 1 aliphatic rings. The number of esters is 2. The molecule has 0 radical (unpaired) electrons. The van der Waals surface area contributed by atoms with Crippen molar-refractivity contribution in [2.75, 3.05) is 20.8 Å². The van der Waals surface area contributed by atoms with Crippen molar-refractivity contribution in [3.8, 4) is 0 Å². The summed E-state index contributed by atoms with van der Waals surface area (Å²) in [6.45, 7) is 0.340. The molecule has 4 rings (SSSR count). The lowest BCUT2D eigenvalue weighted by Gasteiger charge is -2.16. The first-order chi connectivity index (χ1) is 18.1. The van der Waals surface area contributed by atoms with Crippen LogP contribution in [0.15, 0.2) is 115 Å². The minimum absolute atomic E-state index is 0.170. The molecule has 3 heterocycles. The molecular formula is C30H29N3O4+2. The van der Waals surface area contributed by atoms with Crippen LogP contribution in [0.5, 0.6) is 0 Å². The van der Waals surface area contributed by atoms with Gasteiger partial charge in [-0.2, -0.15) is 9.13 Å². The van der Waals surface area contributed by atoms with Gasteiger partial charge in [-0.1, -0.05) is 12.1 Å². The van der Waals surface area contributed by atoms with Crippen LogP contribution in [0.2, 0.25) is 0 Å². The predicted octanol–water partition coefficient (Wildman–Crippen LogP) is 3.58. The van der Waals surface area contributed by atoms with E-state index in [1.54, 1.807) is 9.47 Å². The zero-order chi connectivity index (χ0) is 26.0. The Balaban J connectivity index is 1.63. The fourth-order valence-electron chi connectivity index (χ4n) is 3.76. The molecule has 0 N–H and O–H groups in total. The lowest BCUT2D eigenvalue weighted by molar-refractivity contribution is -0.685. The minimum atomic E-state index is -0.293. The third-order valence-electron chi connectivity index (χ3n) is 5.79. The third kappa shape index (κ3) is 6.89. The molecule has 0 fully saturated rings. The van der Waals surface area contributed by atoms with Gasteiger partial charge >= 0.3 is 11.9 Å². The highest BCUT2D eigenvalue weighted by atomic mass is 16.5. The molecule has 0 unspecified atom stereocenters. The van der Waals surface area contributed by atoms with Gasteiger partial charge in [0.1, 0.15) is 6.54 Å². The van der Waals surface area contributed by atoms with Crippen LogP contribution < -0.4 is 9.13 Å². The molecule has 0 amide bonds. The van der Waals surface area contributed by atoms with E-state index in [2.05, 4.69) is 34.9 Å². The van der Waals surface area contributed by atoms with E-state index in [9.17, 15) is 9.59 Å². The molecule has 0 saturated heterocycles. The number of carbonyl (C=O) groups excluding carboxylic acids is 2. The van der Waals surface area contributed by atoms with Gasteiger partial charge in [-0.05, 0) is 47.6 Å². The lowest BCUT2D eigenvalue weighted by atomic mass is 10.1. The number of aromatic nitrogens is 2. The van der Waals surface area contributed by atoms with Crippen LogP contribution in [0.25, 0.3) is 22.7 Å².